The third-order valence-corrected chi connectivity index (χ3v) is 5.21. The van der Waals surface area contributed by atoms with Crippen molar-refractivity contribution in [3.05, 3.63) is 76.4 Å². The molecule has 0 bridgehead atoms. The molecule has 0 aliphatic heterocycles. The third kappa shape index (κ3) is 5.25. The van der Waals surface area contributed by atoms with Gasteiger partial charge in [0.15, 0.2) is 0 Å². The van der Waals surface area contributed by atoms with Crippen LogP contribution >= 0.6 is 23.4 Å². The molecule has 0 aliphatic carbocycles. The second-order valence-corrected chi connectivity index (χ2v) is 7.67. The molecule has 4 nitrogen and oxygen atoms in total. The van der Waals surface area contributed by atoms with Crippen molar-refractivity contribution in [3.63, 3.8) is 0 Å². The highest BCUT2D eigenvalue weighted by molar-refractivity contribution is 7.98. The van der Waals surface area contributed by atoms with E-state index in [-0.39, 0.29) is 11.4 Å². The molecule has 3 rings (SSSR count). The number of halogens is 4. The van der Waals surface area contributed by atoms with Crippen molar-refractivity contribution >= 4 is 46.5 Å². The molecule has 0 unspecified atom stereocenters. The summed E-state index contributed by atoms with van der Waals surface area (Å²) < 4.78 is 39.6. The number of nitrogens with one attached hydrogen (secondary N) is 2. The first kappa shape index (κ1) is 22.0. The summed E-state index contributed by atoms with van der Waals surface area (Å²) in [5.41, 5.74) is 0.565. The lowest BCUT2D eigenvalue weighted by atomic mass is 10.1. The van der Waals surface area contributed by atoms with E-state index < -0.39 is 17.8 Å². The predicted octanol–water partition coefficient (Wildman–Crippen LogP) is 6.78. The van der Waals surface area contributed by atoms with Crippen LogP contribution in [-0.2, 0) is 6.18 Å². The smallest absolute Gasteiger partial charge is 0.339 e. The zero-order chi connectivity index (χ0) is 21.9. The third-order valence-electron chi connectivity index (χ3n) is 4.23. The summed E-state index contributed by atoms with van der Waals surface area (Å²) >= 11 is 7.55. The number of hydrogen-bond acceptors (Lipinski definition) is 4. The van der Waals surface area contributed by atoms with Crippen molar-refractivity contribution in [2.75, 3.05) is 16.9 Å². The lowest BCUT2D eigenvalue weighted by Crippen LogP contribution is -2.17. The minimum absolute atomic E-state index is 0.0312. The van der Waals surface area contributed by atoms with Crippen molar-refractivity contribution in [1.82, 2.24) is 4.98 Å². The number of rotatable bonds is 5. The van der Waals surface area contributed by atoms with Gasteiger partial charge >= 0.3 is 6.18 Å². The molecule has 1 aromatic heterocycles. The van der Waals surface area contributed by atoms with Gasteiger partial charge in [-0.2, -0.15) is 13.2 Å². The molecule has 0 radical (unpaired) electrons. The minimum atomic E-state index is -4.65. The minimum Gasteiger partial charge on any atom is -0.339 e. The van der Waals surface area contributed by atoms with Crippen LogP contribution in [0.1, 0.15) is 21.6 Å². The summed E-state index contributed by atoms with van der Waals surface area (Å²) in [6.45, 7) is 1.76. The average molecular weight is 452 g/mol. The monoisotopic (exact) mass is 451 g/mol. The van der Waals surface area contributed by atoms with E-state index in [2.05, 4.69) is 15.6 Å². The summed E-state index contributed by atoms with van der Waals surface area (Å²) in [4.78, 5) is 17.5. The Balaban J connectivity index is 1.97. The second kappa shape index (κ2) is 8.97. The van der Waals surface area contributed by atoms with E-state index in [0.29, 0.717) is 16.4 Å². The van der Waals surface area contributed by atoms with Gasteiger partial charge in [-0.25, -0.2) is 4.98 Å². The first-order valence-corrected chi connectivity index (χ1v) is 10.3. The molecule has 2 aromatic carbocycles. The van der Waals surface area contributed by atoms with E-state index >= 15 is 0 Å². The number of aryl methyl sites for hydroxylation is 1. The topological polar surface area (TPSA) is 54.0 Å². The molecule has 156 valence electrons. The SMILES string of the molecule is CSc1ccc(NC(=O)c2ccc(C(F)(F)F)nc2Nc2cc(Cl)ccc2C)cc1. The molecule has 9 heteroatoms. The van der Waals surface area contributed by atoms with Crippen LogP contribution in [0, 0.1) is 6.92 Å². The highest BCUT2D eigenvalue weighted by Gasteiger charge is 2.33. The molecule has 0 saturated carbocycles. The normalized spacial score (nSPS) is 11.3. The molecule has 30 heavy (non-hydrogen) atoms. The Hall–Kier alpha value is -2.71. The number of carbonyl (C=O) groups is 1. The van der Waals surface area contributed by atoms with Crippen molar-refractivity contribution in [2.24, 2.45) is 0 Å². The van der Waals surface area contributed by atoms with Gasteiger partial charge in [-0.3, -0.25) is 4.79 Å². The number of carbonyl (C=O) groups excluding carboxylic acids is 1. The van der Waals surface area contributed by atoms with Crippen LogP contribution in [0.15, 0.2) is 59.5 Å². The Bertz CT molecular complexity index is 1070. The first-order chi connectivity index (χ1) is 14.2. The zero-order valence-corrected chi connectivity index (χ0v) is 17.5. The molecule has 0 aliphatic rings. The van der Waals surface area contributed by atoms with Crippen molar-refractivity contribution in [3.8, 4) is 0 Å². The summed E-state index contributed by atoms with van der Waals surface area (Å²) in [5.74, 6) is -0.802. The van der Waals surface area contributed by atoms with Gasteiger partial charge in [0.05, 0.1) is 5.56 Å². The van der Waals surface area contributed by atoms with Crippen LogP contribution in [0.5, 0.6) is 0 Å². The Morgan fingerprint density at radius 1 is 1.07 bits per heavy atom. The summed E-state index contributed by atoms with van der Waals surface area (Å²) in [6, 6.07) is 13.9. The number of benzene rings is 2. The predicted molar refractivity (Wildman–Crippen MR) is 115 cm³/mol. The number of hydrogen-bond donors (Lipinski definition) is 2. The number of aromatic nitrogens is 1. The maximum Gasteiger partial charge on any atom is 0.433 e. The van der Waals surface area contributed by atoms with Gasteiger partial charge in [-0.1, -0.05) is 17.7 Å². The number of amides is 1. The average Bonchev–Trinajstić information content (AvgIpc) is 2.70. The lowest BCUT2D eigenvalue weighted by Gasteiger charge is -2.16. The standard InChI is InChI=1S/C21H17ClF3N3OS/c1-12-3-4-13(22)11-17(12)27-19-16(9-10-18(28-19)21(23,24)25)20(29)26-14-5-7-15(30-2)8-6-14/h3-11H,1-2H3,(H,26,29)(H,27,28). The molecule has 0 spiro atoms. The molecule has 0 atom stereocenters. The van der Waals surface area contributed by atoms with E-state index in [4.69, 9.17) is 11.6 Å². The van der Waals surface area contributed by atoms with Gasteiger partial charge in [0.25, 0.3) is 5.91 Å². The van der Waals surface area contributed by atoms with E-state index in [0.717, 1.165) is 22.6 Å². The van der Waals surface area contributed by atoms with Crippen LogP contribution in [0.3, 0.4) is 0 Å². The van der Waals surface area contributed by atoms with Gasteiger partial charge in [-0.15, -0.1) is 11.8 Å². The summed E-state index contributed by atoms with van der Waals surface area (Å²) in [5, 5.41) is 5.90. The number of nitrogens with zero attached hydrogens (tertiary/aromatic N) is 1. The quantitative estimate of drug-likeness (QED) is 0.420. The summed E-state index contributed by atoms with van der Waals surface area (Å²) in [7, 11) is 0. The summed E-state index contributed by atoms with van der Waals surface area (Å²) in [6.07, 6.45) is -2.72. The number of thioether (sulfide) groups is 1. The fourth-order valence-electron chi connectivity index (χ4n) is 2.62. The molecule has 0 saturated heterocycles. The van der Waals surface area contributed by atoms with Gasteiger partial charge < -0.3 is 10.6 Å². The van der Waals surface area contributed by atoms with Crippen LogP contribution in [0.25, 0.3) is 0 Å². The maximum absolute atomic E-state index is 13.2. The number of anilines is 3. The van der Waals surface area contributed by atoms with Gasteiger partial charge in [0, 0.05) is 21.3 Å². The Kier molecular flexibility index (Phi) is 6.58. The van der Waals surface area contributed by atoms with Crippen molar-refractivity contribution in [1.29, 1.82) is 0 Å². The fourth-order valence-corrected chi connectivity index (χ4v) is 3.21. The molecule has 1 amide bonds. The van der Waals surface area contributed by atoms with E-state index in [1.54, 1.807) is 49.0 Å². The van der Waals surface area contributed by atoms with Crippen molar-refractivity contribution in [2.45, 2.75) is 18.0 Å². The highest BCUT2D eigenvalue weighted by atomic mass is 35.5. The largest absolute Gasteiger partial charge is 0.433 e. The molecule has 2 N–H and O–H groups in total. The van der Waals surface area contributed by atoms with Crippen LogP contribution < -0.4 is 10.6 Å². The van der Waals surface area contributed by atoms with E-state index in [9.17, 15) is 18.0 Å². The van der Waals surface area contributed by atoms with Crippen LogP contribution in [0.4, 0.5) is 30.4 Å². The Morgan fingerprint density at radius 2 is 1.77 bits per heavy atom. The maximum atomic E-state index is 13.2. The van der Waals surface area contributed by atoms with E-state index in [1.165, 1.54) is 0 Å². The molecule has 0 fully saturated rings. The highest BCUT2D eigenvalue weighted by Crippen LogP contribution is 2.32. The Labute approximate surface area is 180 Å². The van der Waals surface area contributed by atoms with Crippen LogP contribution in [-0.4, -0.2) is 17.1 Å². The fraction of sp³-hybridized carbons (Fsp3) is 0.143. The van der Waals surface area contributed by atoms with Gasteiger partial charge in [0.1, 0.15) is 11.5 Å². The lowest BCUT2D eigenvalue weighted by molar-refractivity contribution is -0.141. The second-order valence-electron chi connectivity index (χ2n) is 6.36. The molecular weight excluding hydrogens is 435 g/mol. The Morgan fingerprint density at radius 3 is 2.40 bits per heavy atom. The van der Waals surface area contributed by atoms with Gasteiger partial charge in [0.2, 0.25) is 0 Å². The first-order valence-electron chi connectivity index (χ1n) is 8.74. The number of pyridine rings is 1. The van der Waals surface area contributed by atoms with E-state index in [1.807, 2.05) is 18.4 Å². The number of alkyl halides is 3. The van der Waals surface area contributed by atoms with Crippen LogP contribution in [0.2, 0.25) is 5.02 Å². The van der Waals surface area contributed by atoms with Gasteiger partial charge in [-0.05, 0) is 67.3 Å². The molecule has 1 heterocycles. The molecular formula is C21H17ClF3N3OS. The zero-order valence-electron chi connectivity index (χ0n) is 16.0. The van der Waals surface area contributed by atoms with Crippen molar-refractivity contribution < 1.29 is 18.0 Å². The molecule has 3 aromatic rings.